The summed E-state index contributed by atoms with van der Waals surface area (Å²) in [6.07, 6.45) is 3.16. The van der Waals surface area contributed by atoms with Crippen molar-refractivity contribution in [3.05, 3.63) is 18.2 Å². The number of aromatic hydroxyl groups is 1. The van der Waals surface area contributed by atoms with Crippen molar-refractivity contribution >= 4 is 29.4 Å². The first-order valence-electron chi connectivity index (χ1n) is 8.42. The maximum Gasteiger partial charge on any atom is 0.315 e. The first kappa shape index (κ1) is 17.7. The van der Waals surface area contributed by atoms with Crippen LogP contribution in [0.1, 0.15) is 25.7 Å². The van der Waals surface area contributed by atoms with E-state index >= 15 is 0 Å². The predicted octanol–water partition coefficient (Wildman–Crippen LogP) is 2.07. The Labute approximate surface area is 150 Å². The molecule has 1 aromatic rings. The summed E-state index contributed by atoms with van der Waals surface area (Å²) in [6.45, 7) is 0. The van der Waals surface area contributed by atoms with Gasteiger partial charge in [-0.3, -0.25) is 4.79 Å². The van der Waals surface area contributed by atoms with Crippen molar-refractivity contribution in [2.75, 3.05) is 18.2 Å². The molecule has 25 heavy (non-hydrogen) atoms. The normalized spacial score (nSPS) is 24.4. The van der Waals surface area contributed by atoms with Gasteiger partial charge in [0.1, 0.15) is 0 Å². The Kier molecular flexibility index (Phi) is 5.57. The Morgan fingerprint density at radius 2 is 2.24 bits per heavy atom. The molecule has 0 unspecified atom stereocenters. The van der Waals surface area contributed by atoms with E-state index in [9.17, 15) is 14.7 Å². The predicted molar refractivity (Wildman–Crippen MR) is 97.2 cm³/mol. The molecule has 2 aliphatic heterocycles. The fourth-order valence-corrected chi connectivity index (χ4v) is 4.81. The number of carbonyl (C=O) groups excluding carboxylic acids is 2. The number of nitrogens with one attached hydrogen (secondary N) is 3. The SMILES string of the molecule is COc1ccc(NC(=O)CCCC[C@@H]2SC[C@@H]3NC(=O)N[C@@H]32)cc1O. The van der Waals surface area contributed by atoms with Crippen molar-refractivity contribution in [3.8, 4) is 11.5 Å². The Morgan fingerprint density at radius 1 is 1.40 bits per heavy atom. The number of hydrogen-bond acceptors (Lipinski definition) is 5. The average Bonchev–Trinajstić information content (AvgIpc) is 3.11. The molecule has 2 aliphatic rings. The monoisotopic (exact) mass is 365 g/mol. The Balaban J connectivity index is 1.37. The molecule has 0 aliphatic carbocycles. The number of carbonyl (C=O) groups is 2. The summed E-state index contributed by atoms with van der Waals surface area (Å²) in [7, 11) is 1.48. The van der Waals surface area contributed by atoms with Gasteiger partial charge >= 0.3 is 6.03 Å². The molecule has 8 heteroatoms. The topological polar surface area (TPSA) is 99.7 Å². The number of ether oxygens (including phenoxy) is 1. The van der Waals surface area contributed by atoms with Gasteiger partial charge in [-0.1, -0.05) is 6.42 Å². The zero-order valence-electron chi connectivity index (χ0n) is 14.1. The van der Waals surface area contributed by atoms with E-state index in [1.165, 1.54) is 13.2 Å². The van der Waals surface area contributed by atoms with Gasteiger partial charge in [-0.2, -0.15) is 11.8 Å². The third kappa shape index (κ3) is 4.31. The van der Waals surface area contributed by atoms with Gasteiger partial charge < -0.3 is 25.8 Å². The molecule has 0 spiro atoms. The molecule has 3 atom stereocenters. The Hall–Kier alpha value is -2.09. The van der Waals surface area contributed by atoms with Gasteiger partial charge in [-0.15, -0.1) is 0 Å². The number of amides is 3. The molecule has 4 N–H and O–H groups in total. The second kappa shape index (κ2) is 7.86. The van der Waals surface area contributed by atoms with Crippen LogP contribution < -0.4 is 20.7 Å². The van der Waals surface area contributed by atoms with Gasteiger partial charge in [0.15, 0.2) is 11.5 Å². The quantitative estimate of drug-likeness (QED) is 0.438. The number of phenolic OH excluding ortho intramolecular Hbond substituents is 1. The molecule has 3 amide bonds. The largest absolute Gasteiger partial charge is 0.504 e. The van der Waals surface area contributed by atoms with E-state index in [2.05, 4.69) is 16.0 Å². The number of urea groups is 1. The highest BCUT2D eigenvalue weighted by atomic mass is 32.2. The summed E-state index contributed by atoms with van der Waals surface area (Å²) in [5.74, 6) is 1.26. The number of methoxy groups -OCH3 is 1. The van der Waals surface area contributed by atoms with E-state index in [1.807, 2.05) is 11.8 Å². The van der Waals surface area contributed by atoms with Crippen LogP contribution in [0.15, 0.2) is 18.2 Å². The molecule has 2 heterocycles. The molecule has 7 nitrogen and oxygen atoms in total. The lowest BCUT2D eigenvalue weighted by molar-refractivity contribution is -0.116. The maximum atomic E-state index is 12.0. The van der Waals surface area contributed by atoms with Crippen LogP contribution >= 0.6 is 11.8 Å². The van der Waals surface area contributed by atoms with E-state index in [4.69, 9.17) is 4.74 Å². The van der Waals surface area contributed by atoms with Crippen LogP contribution in [0.25, 0.3) is 0 Å². The standard InChI is InChI=1S/C17H23N3O4S/c1-24-13-7-6-10(8-12(13)21)18-15(22)5-3-2-4-14-16-11(9-25-14)19-17(23)20-16/h6-8,11,14,16,21H,2-5,9H2,1H3,(H,18,22)(H2,19,20,23)/t11-,14-,16-/m0/s1. The lowest BCUT2D eigenvalue weighted by Gasteiger charge is -2.16. The third-order valence-corrected chi connectivity index (χ3v) is 6.05. The number of thioether (sulfide) groups is 1. The lowest BCUT2D eigenvalue weighted by atomic mass is 10.0. The molecule has 3 rings (SSSR count). The van der Waals surface area contributed by atoms with E-state index in [1.54, 1.807) is 12.1 Å². The van der Waals surface area contributed by atoms with Crippen molar-refractivity contribution in [1.82, 2.24) is 10.6 Å². The zero-order valence-corrected chi connectivity index (χ0v) is 14.9. The van der Waals surface area contributed by atoms with E-state index in [0.29, 0.717) is 23.1 Å². The maximum absolute atomic E-state index is 12.0. The molecular weight excluding hydrogens is 342 g/mol. The van der Waals surface area contributed by atoms with Crippen LogP contribution in [-0.2, 0) is 4.79 Å². The first-order chi connectivity index (χ1) is 12.1. The number of phenols is 1. The second-order valence-electron chi connectivity index (χ2n) is 6.30. The smallest absolute Gasteiger partial charge is 0.315 e. The van der Waals surface area contributed by atoms with Crippen molar-refractivity contribution < 1.29 is 19.4 Å². The number of anilines is 1. The summed E-state index contributed by atoms with van der Waals surface area (Å²) >= 11 is 1.89. The molecule has 2 saturated heterocycles. The fraction of sp³-hybridized carbons (Fsp3) is 0.529. The van der Waals surface area contributed by atoms with Crippen LogP contribution in [0.2, 0.25) is 0 Å². The number of unbranched alkanes of at least 4 members (excludes halogenated alkanes) is 1. The van der Waals surface area contributed by atoms with Crippen molar-refractivity contribution in [2.45, 2.75) is 43.0 Å². The van der Waals surface area contributed by atoms with Crippen molar-refractivity contribution in [3.63, 3.8) is 0 Å². The van der Waals surface area contributed by atoms with Gasteiger partial charge in [0.25, 0.3) is 0 Å². The van der Waals surface area contributed by atoms with Gasteiger partial charge in [0.2, 0.25) is 5.91 Å². The highest BCUT2D eigenvalue weighted by Gasteiger charge is 2.42. The minimum atomic E-state index is -0.0719. The van der Waals surface area contributed by atoms with Gasteiger partial charge in [-0.05, 0) is 25.0 Å². The lowest BCUT2D eigenvalue weighted by Crippen LogP contribution is -2.36. The second-order valence-corrected chi connectivity index (χ2v) is 7.57. The molecule has 2 fully saturated rings. The number of rotatable bonds is 7. The van der Waals surface area contributed by atoms with Gasteiger partial charge in [0, 0.05) is 29.2 Å². The molecule has 1 aromatic carbocycles. The summed E-state index contributed by atoms with van der Waals surface area (Å²) in [5.41, 5.74) is 0.553. The molecule has 0 bridgehead atoms. The van der Waals surface area contributed by atoms with E-state index < -0.39 is 0 Å². The van der Waals surface area contributed by atoms with E-state index in [0.717, 1.165) is 25.0 Å². The summed E-state index contributed by atoms with van der Waals surface area (Å²) < 4.78 is 4.97. The number of benzene rings is 1. The first-order valence-corrected chi connectivity index (χ1v) is 9.47. The molecule has 0 saturated carbocycles. The highest BCUT2D eigenvalue weighted by Crippen LogP contribution is 2.33. The highest BCUT2D eigenvalue weighted by molar-refractivity contribution is 8.00. The van der Waals surface area contributed by atoms with Gasteiger partial charge in [-0.25, -0.2) is 4.79 Å². The van der Waals surface area contributed by atoms with Crippen LogP contribution in [0.3, 0.4) is 0 Å². The van der Waals surface area contributed by atoms with Crippen LogP contribution in [-0.4, -0.2) is 47.2 Å². The minimum Gasteiger partial charge on any atom is -0.504 e. The van der Waals surface area contributed by atoms with Crippen molar-refractivity contribution in [1.29, 1.82) is 0 Å². The Morgan fingerprint density at radius 3 is 3.00 bits per heavy atom. The minimum absolute atomic E-state index is 0.000308. The Bertz CT molecular complexity index is 655. The van der Waals surface area contributed by atoms with Crippen LogP contribution in [0.5, 0.6) is 11.5 Å². The number of fused-ring (bicyclic) bond motifs is 1. The van der Waals surface area contributed by atoms with Crippen LogP contribution in [0, 0.1) is 0 Å². The zero-order chi connectivity index (χ0) is 17.8. The van der Waals surface area contributed by atoms with Crippen LogP contribution in [0.4, 0.5) is 10.5 Å². The summed E-state index contributed by atoms with van der Waals surface area (Å²) in [6, 6.07) is 5.18. The van der Waals surface area contributed by atoms with Crippen molar-refractivity contribution in [2.24, 2.45) is 0 Å². The summed E-state index contributed by atoms with van der Waals surface area (Å²) in [4.78, 5) is 23.4. The summed E-state index contributed by atoms with van der Waals surface area (Å²) in [5, 5.41) is 18.8. The fourth-order valence-electron chi connectivity index (χ4n) is 3.27. The average molecular weight is 365 g/mol. The molecule has 0 radical (unpaired) electrons. The molecule has 0 aromatic heterocycles. The van der Waals surface area contributed by atoms with E-state index in [-0.39, 0.29) is 29.8 Å². The molecule has 136 valence electrons. The molecular formula is C17H23N3O4S. The number of hydrogen-bond donors (Lipinski definition) is 4. The van der Waals surface area contributed by atoms with Gasteiger partial charge in [0.05, 0.1) is 19.2 Å². The third-order valence-electron chi connectivity index (χ3n) is 4.54.